The maximum atomic E-state index is 13.2. The van der Waals surface area contributed by atoms with E-state index in [0.717, 1.165) is 33.3 Å². The predicted octanol–water partition coefficient (Wildman–Crippen LogP) is 3.30. The summed E-state index contributed by atoms with van der Waals surface area (Å²) < 4.78 is 0. The van der Waals surface area contributed by atoms with Crippen molar-refractivity contribution in [2.24, 2.45) is 0 Å². The number of H-pyrrole nitrogens is 1. The lowest BCUT2D eigenvalue weighted by atomic mass is 10.0. The summed E-state index contributed by atoms with van der Waals surface area (Å²) in [6.45, 7) is 4.39. The largest absolute Gasteiger partial charge is 0.337 e. The van der Waals surface area contributed by atoms with Crippen LogP contribution in [0.25, 0.3) is 22.3 Å². The van der Waals surface area contributed by atoms with E-state index in [0.29, 0.717) is 17.9 Å². The van der Waals surface area contributed by atoms with Crippen LogP contribution in [0.2, 0.25) is 0 Å². The Balaban J connectivity index is 1.64. The first-order valence-electron chi connectivity index (χ1n) is 8.97. The van der Waals surface area contributed by atoms with E-state index in [1.807, 2.05) is 62.4 Å². The highest BCUT2D eigenvalue weighted by molar-refractivity contribution is 6.06. The second-order valence-electron chi connectivity index (χ2n) is 6.93. The zero-order chi connectivity index (χ0) is 19.7. The fourth-order valence-electron chi connectivity index (χ4n) is 3.29. The van der Waals surface area contributed by atoms with Crippen LogP contribution in [0.15, 0.2) is 48.5 Å². The van der Waals surface area contributed by atoms with Crippen molar-refractivity contribution in [3.05, 3.63) is 70.9 Å². The van der Waals surface area contributed by atoms with E-state index in [-0.39, 0.29) is 5.91 Å². The number of aromatic amines is 1. The molecule has 0 aliphatic carbocycles. The van der Waals surface area contributed by atoms with E-state index in [2.05, 4.69) is 25.6 Å². The van der Waals surface area contributed by atoms with Gasteiger partial charge in [-0.25, -0.2) is 0 Å². The SMILES string of the molecule is Cc1ccc2nc(C)cc(C(=O)N(C)Cc3cccc(-c4nn[nH]n4)c3)c2c1. The van der Waals surface area contributed by atoms with Crippen LogP contribution in [0.4, 0.5) is 0 Å². The van der Waals surface area contributed by atoms with Gasteiger partial charge in [0, 0.05) is 30.2 Å². The molecule has 0 saturated carbocycles. The first kappa shape index (κ1) is 17.8. The Hall–Kier alpha value is -3.61. The molecule has 1 amide bonds. The average Bonchev–Trinajstić information content (AvgIpc) is 3.22. The molecular weight excluding hydrogens is 352 g/mol. The maximum Gasteiger partial charge on any atom is 0.254 e. The molecule has 0 aliphatic rings. The van der Waals surface area contributed by atoms with Gasteiger partial charge in [-0.1, -0.05) is 29.8 Å². The lowest BCUT2D eigenvalue weighted by Crippen LogP contribution is -2.26. The van der Waals surface area contributed by atoms with Crippen LogP contribution >= 0.6 is 0 Å². The minimum atomic E-state index is -0.0361. The molecule has 0 radical (unpaired) electrons. The first-order chi connectivity index (χ1) is 13.5. The standard InChI is InChI=1S/C21H20N6O/c1-13-7-8-19-17(9-13)18(10-14(2)22-19)21(28)27(3)12-15-5-4-6-16(11-15)20-23-25-26-24-20/h4-11H,12H2,1-3H3,(H,23,24,25,26). The number of pyridine rings is 1. The second kappa shape index (κ2) is 7.19. The molecular formula is C21H20N6O. The molecule has 4 rings (SSSR count). The molecule has 140 valence electrons. The molecule has 0 unspecified atom stereocenters. The van der Waals surface area contributed by atoms with Gasteiger partial charge < -0.3 is 4.90 Å². The van der Waals surface area contributed by atoms with Crippen LogP contribution in [0.5, 0.6) is 0 Å². The van der Waals surface area contributed by atoms with E-state index < -0.39 is 0 Å². The van der Waals surface area contributed by atoms with Gasteiger partial charge in [-0.3, -0.25) is 9.78 Å². The summed E-state index contributed by atoms with van der Waals surface area (Å²) in [6.07, 6.45) is 0. The first-order valence-corrected chi connectivity index (χ1v) is 8.97. The van der Waals surface area contributed by atoms with E-state index in [4.69, 9.17) is 0 Å². The third kappa shape index (κ3) is 3.46. The summed E-state index contributed by atoms with van der Waals surface area (Å²) in [4.78, 5) is 19.5. The number of hydrogen-bond acceptors (Lipinski definition) is 5. The predicted molar refractivity (Wildman–Crippen MR) is 107 cm³/mol. The van der Waals surface area contributed by atoms with Gasteiger partial charge in [0.1, 0.15) is 0 Å². The molecule has 7 nitrogen and oxygen atoms in total. The molecule has 0 fully saturated rings. The lowest BCUT2D eigenvalue weighted by molar-refractivity contribution is 0.0787. The molecule has 1 N–H and O–H groups in total. The van der Waals surface area contributed by atoms with Crippen LogP contribution in [0, 0.1) is 13.8 Å². The molecule has 0 aliphatic heterocycles. The van der Waals surface area contributed by atoms with Crippen molar-refractivity contribution < 1.29 is 4.79 Å². The van der Waals surface area contributed by atoms with E-state index in [1.165, 1.54) is 0 Å². The topological polar surface area (TPSA) is 87.7 Å². The number of benzene rings is 2. The Kier molecular flexibility index (Phi) is 4.57. The highest BCUT2D eigenvalue weighted by Crippen LogP contribution is 2.22. The number of nitrogens with one attached hydrogen (secondary N) is 1. The van der Waals surface area contributed by atoms with Gasteiger partial charge in [-0.05, 0) is 48.9 Å². The van der Waals surface area contributed by atoms with Crippen LogP contribution in [0.1, 0.15) is 27.2 Å². The molecule has 2 aromatic carbocycles. The Labute approximate surface area is 162 Å². The minimum absolute atomic E-state index is 0.0361. The molecule has 0 bridgehead atoms. The number of rotatable bonds is 4. The van der Waals surface area contributed by atoms with Crippen LogP contribution < -0.4 is 0 Å². The quantitative estimate of drug-likeness (QED) is 0.594. The van der Waals surface area contributed by atoms with Gasteiger partial charge in [0.2, 0.25) is 5.82 Å². The number of amides is 1. The van der Waals surface area contributed by atoms with Gasteiger partial charge in [0.05, 0.1) is 11.1 Å². The lowest BCUT2D eigenvalue weighted by Gasteiger charge is -2.19. The molecule has 2 aromatic heterocycles. The normalized spacial score (nSPS) is 11.0. The number of aryl methyl sites for hydroxylation is 2. The molecule has 28 heavy (non-hydrogen) atoms. The van der Waals surface area contributed by atoms with Crippen LogP contribution in [0.3, 0.4) is 0 Å². The Morgan fingerprint density at radius 1 is 1.11 bits per heavy atom. The number of carbonyl (C=O) groups is 1. The number of hydrogen-bond donors (Lipinski definition) is 1. The zero-order valence-electron chi connectivity index (χ0n) is 16.0. The number of carbonyl (C=O) groups excluding carboxylic acids is 1. The summed E-state index contributed by atoms with van der Waals surface area (Å²) in [5, 5.41) is 14.9. The van der Waals surface area contributed by atoms with Crippen molar-refractivity contribution in [2.45, 2.75) is 20.4 Å². The smallest absolute Gasteiger partial charge is 0.254 e. The Bertz CT molecular complexity index is 1150. The molecule has 0 saturated heterocycles. The van der Waals surface area contributed by atoms with E-state index in [1.54, 1.807) is 11.9 Å². The van der Waals surface area contributed by atoms with Crippen molar-refractivity contribution in [3.63, 3.8) is 0 Å². The van der Waals surface area contributed by atoms with Crippen molar-refractivity contribution in [2.75, 3.05) is 7.05 Å². The summed E-state index contributed by atoms with van der Waals surface area (Å²) in [5.74, 6) is 0.494. The van der Waals surface area contributed by atoms with E-state index in [9.17, 15) is 4.79 Å². The monoisotopic (exact) mass is 372 g/mol. The van der Waals surface area contributed by atoms with Crippen LogP contribution in [-0.2, 0) is 6.54 Å². The maximum absolute atomic E-state index is 13.2. The molecule has 0 atom stereocenters. The summed E-state index contributed by atoms with van der Waals surface area (Å²) in [6, 6.07) is 15.6. The number of aromatic nitrogens is 5. The van der Waals surface area contributed by atoms with Crippen molar-refractivity contribution in [3.8, 4) is 11.4 Å². The van der Waals surface area contributed by atoms with E-state index >= 15 is 0 Å². The summed E-state index contributed by atoms with van der Waals surface area (Å²) in [5.41, 5.74) is 5.27. The zero-order valence-corrected chi connectivity index (χ0v) is 16.0. The van der Waals surface area contributed by atoms with Crippen molar-refractivity contribution in [1.82, 2.24) is 30.5 Å². The fourth-order valence-corrected chi connectivity index (χ4v) is 3.29. The summed E-state index contributed by atoms with van der Waals surface area (Å²) >= 11 is 0. The number of tetrazole rings is 1. The van der Waals surface area contributed by atoms with Gasteiger partial charge in [0.25, 0.3) is 5.91 Å². The Morgan fingerprint density at radius 2 is 1.96 bits per heavy atom. The molecule has 0 spiro atoms. The van der Waals surface area contributed by atoms with Crippen molar-refractivity contribution in [1.29, 1.82) is 0 Å². The Morgan fingerprint density at radius 3 is 2.75 bits per heavy atom. The highest BCUT2D eigenvalue weighted by atomic mass is 16.2. The third-order valence-corrected chi connectivity index (χ3v) is 4.62. The fraction of sp³-hybridized carbons (Fsp3) is 0.190. The van der Waals surface area contributed by atoms with Gasteiger partial charge in [0.15, 0.2) is 0 Å². The summed E-state index contributed by atoms with van der Waals surface area (Å²) in [7, 11) is 1.81. The molecule has 7 heteroatoms. The van der Waals surface area contributed by atoms with Gasteiger partial charge in [-0.2, -0.15) is 5.21 Å². The van der Waals surface area contributed by atoms with Gasteiger partial charge >= 0.3 is 0 Å². The third-order valence-electron chi connectivity index (χ3n) is 4.62. The molecule has 4 aromatic rings. The average molecular weight is 372 g/mol. The number of nitrogens with zero attached hydrogens (tertiary/aromatic N) is 5. The highest BCUT2D eigenvalue weighted by Gasteiger charge is 2.17. The van der Waals surface area contributed by atoms with Gasteiger partial charge in [-0.15, -0.1) is 10.2 Å². The van der Waals surface area contributed by atoms with Crippen LogP contribution in [-0.4, -0.2) is 43.5 Å². The second-order valence-corrected chi connectivity index (χ2v) is 6.93. The minimum Gasteiger partial charge on any atom is -0.337 e. The number of fused-ring (bicyclic) bond motifs is 1. The van der Waals surface area contributed by atoms with Crippen molar-refractivity contribution >= 4 is 16.8 Å². The molecule has 2 heterocycles.